The molecule has 0 aromatic rings. The molecule has 0 aliphatic heterocycles. The Morgan fingerprint density at radius 2 is 0.259 bits per heavy atom. The lowest BCUT2D eigenvalue weighted by Gasteiger charge is -2.40. The number of unbranched alkanes of at least 4 members (excludes halogenated alkanes) is 44. The molecule has 58 heavy (non-hydrogen) atoms. The van der Waals surface area contributed by atoms with Gasteiger partial charge in [0.25, 0.3) is 0 Å². The summed E-state index contributed by atoms with van der Waals surface area (Å²) in [6, 6.07) is 0. The number of nitrogens with zero attached hydrogens (tertiary/aromatic N) is 1. The normalized spacial score (nSPS) is 11.8. The SMILES string of the molecule is CCCCCCCCCCCCCC[N+](CCCCCCCCCCCCCC)(CCCCCCCCCCCCCC)CCCCCCCCCCCCCC.[B]. The minimum Gasteiger partial charge on any atom is -0.324 e. The van der Waals surface area contributed by atoms with Crippen molar-refractivity contribution in [1.82, 2.24) is 0 Å². The van der Waals surface area contributed by atoms with Crippen LogP contribution in [-0.4, -0.2) is 39.1 Å². The first-order chi connectivity index (χ1) is 28.2. The number of quaternary nitrogens is 1. The van der Waals surface area contributed by atoms with Crippen LogP contribution in [0.1, 0.15) is 336 Å². The van der Waals surface area contributed by atoms with E-state index in [0.29, 0.717) is 0 Å². The standard InChI is InChI=1S/C56H116N.B/c1-5-9-13-17-21-25-29-33-37-41-45-49-53-57(54-50-46-42-38-34-30-26-22-18-14-10-6-2,55-51-47-43-39-35-31-27-23-19-15-11-7-3)56-52-48-44-40-36-32-28-24-20-16-12-8-4;/h5-56H2,1-4H3;/q+1;. The van der Waals surface area contributed by atoms with E-state index in [0.717, 1.165) is 0 Å². The van der Waals surface area contributed by atoms with Crippen molar-refractivity contribution in [2.75, 3.05) is 26.2 Å². The van der Waals surface area contributed by atoms with Crippen molar-refractivity contribution in [3.8, 4) is 0 Å². The molecule has 0 amide bonds. The number of hydrogen-bond acceptors (Lipinski definition) is 0. The minimum atomic E-state index is 0. The van der Waals surface area contributed by atoms with Crippen molar-refractivity contribution in [1.29, 1.82) is 0 Å². The molecule has 0 aliphatic carbocycles. The molecule has 0 rings (SSSR count). The molecule has 0 unspecified atom stereocenters. The van der Waals surface area contributed by atoms with E-state index >= 15 is 0 Å². The van der Waals surface area contributed by atoms with Gasteiger partial charge in [-0.25, -0.2) is 0 Å². The van der Waals surface area contributed by atoms with Crippen LogP contribution in [0.15, 0.2) is 0 Å². The lowest BCUT2D eigenvalue weighted by molar-refractivity contribution is -0.929. The van der Waals surface area contributed by atoms with Crippen molar-refractivity contribution in [3.05, 3.63) is 0 Å². The van der Waals surface area contributed by atoms with Crippen LogP contribution in [0.4, 0.5) is 0 Å². The Labute approximate surface area is 373 Å². The van der Waals surface area contributed by atoms with Gasteiger partial charge in [0.05, 0.1) is 26.2 Å². The van der Waals surface area contributed by atoms with Gasteiger partial charge < -0.3 is 4.48 Å². The van der Waals surface area contributed by atoms with E-state index in [2.05, 4.69) is 27.7 Å². The van der Waals surface area contributed by atoms with Crippen LogP contribution < -0.4 is 0 Å². The molecule has 0 aromatic heterocycles. The molecule has 0 aromatic carbocycles. The average molecular weight is 814 g/mol. The lowest BCUT2D eigenvalue weighted by Crippen LogP contribution is -2.50. The predicted molar refractivity (Wildman–Crippen MR) is 270 cm³/mol. The van der Waals surface area contributed by atoms with Crippen molar-refractivity contribution in [2.45, 2.75) is 336 Å². The molecule has 0 N–H and O–H groups in total. The first-order valence-electron chi connectivity index (χ1n) is 28.1. The molecule has 1 nitrogen and oxygen atoms in total. The molecule has 0 atom stereocenters. The summed E-state index contributed by atoms with van der Waals surface area (Å²) in [5, 5.41) is 0. The van der Waals surface area contributed by atoms with E-state index in [4.69, 9.17) is 0 Å². The fourth-order valence-electron chi connectivity index (χ4n) is 9.82. The second-order valence-corrected chi connectivity index (χ2v) is 19.8. The third kappa shape index (κ3) is 47.1. The van der Waals surface area contributed by atoms with Crippen molar-refractivity contribution in [3.63, 3.8) is 0 Å². The first-order valence-corrected chi connectivity index (χ1v) is 28.1. The van der Waals surface area contributed by atoms with Gasteiger partial charge in [-0.15, -0.1) is 0 Å². The number of hydrogen-bond donors (Lipinski definition) is 0. The second kappa shape index (κ2) is 53.2. The van der Waals surface area contributed by atoms with Crippen molar-refractivity contribution in [2.24, 2.45) is 0 Å². The molecule has 2 heteroatoms. The smallest absolute Gasteiger partial charge is 0.0786 e. The summed E-state index contributed by atoms with van der Waals surface area (Å²) in [6.45, 7) is 15.3. The second-order valence-electron chi connectivity index (χ2n) is 19.8. The maximum absolute atomic E-state index is 2.33. The van der Waals surface area contributed by atoms with Crippen molar-refractivity contribution < 1.29 is 4.48 Å². The average Bonchev–Trinajstić information content (AvgIpc) is 3.22. The van der Waals surface area contributed by atoms with E-state index in [9.17, 15) is 0 Å². The highest BCUT2D eigenvalue weighted by Gasteiger charge is 2.25. The Hall–Kier alpha value is 0.0249. The molecule has 0 heterocycles. The van der Waals surface area contributed by atoms with Crippen LogP contribution in [0, 0.1) is 0 Å². The van der Waals surface area contributed by atoms with Crippen LogP contribution in [0.2, 0.25) is 0 Å². The van der Waals surface area contributed by atoms with Gasteiger partial charge in [0.15, 0.2) is 0 Å². The summed E-state index contributed by atoms with van der Waals surface area (Å²) in [4.78, 5) is 0. The van der Waals surface area contributed by atoms with Gasteiger partial charge in [-0.05, 0) is 51.4 Å². The largest absolute Gasteiger partial charge is 0.324 e. The zero-order valence-electron chi connectivity index (χ0n) is 41.8. The van der Waals surface area contributed by atoms with Crippen LogP contribution in [0.3, 0.4) is 0 Å². The molecule has 0 bridgehead atoms. The van der Waals surface area contributed by atoms with E-state index < -0.39 is 0 Å². The Kier molecular flexibility index (Phi) is 55.1. The van der Waals surface area contributed by atoms with E-state index in [1.807, 2.05) is 0 Å². The third-order valence-electron chi connectivity index (χ3n) is 13.9. The summed E-state index contributed by atoms with van der Waals surface area (Å²) in [6.07, 6.45) is 70.7. The molecule has 0 saturated heterocycles. The van der Waals surface area contributed by atoms with E-state index in [1.165, 1.54) is 339 Å². The Balaban J connectivity index is 0. The Morgan fingerprint density at radius 3 is 0.379 bits per heavy atom. The Bertz CT molecular complexity index is 575. The maximum Gasteiger partial charge on any atom is 0.0786 e. The summed E-state index contributed by atoms with van der Waals surface area (Å²) in [5.74, 6) is 0. The molecule has 0 saturated carbocycles. The first kappa shape index (κ1) is 60.1. The highest BCUT2D eigenvalue weighted by Crippen LogP contribution is 2.22. The van der Waals surface area contributed by atoms with Gasteiger partial charge in [-0.1, -0.05) is 285 Å². The summed E-state index contributed by atoms with van der Waals surface area (Å²) >= 11 is 0. The minimum absolute atomic E-state index is 0. The molecule has 0 fully saturated rings. The van der Waals surface area contributed by atoms with Gasteiger partial charge in [0, 0.05) is 8.41 Å². The molecule has 0 aliphatic rings. The van der Waals surface area contributed by atoms with Gasteiger partial charge in [-0.3, -0.25) is 0 Å². The molecular weight excluding hydrogens is 697 g/mol. The van der Waals surface area contributed by atoms with Gasteiger partial charge >= 0.3 is 0 Å². The maximum atomic E-state index is 2.33. The fourth-order valence-corrected chi connectivity index (χ4v) is 9.82. The van der Waals surface area contributed by atoms with Crippen LogP contribution >= 0.6 is 0 Å². The lowest BCUT2D eigenvalue weighted by atomic mass is 10.0. The summed E-state index contributed by atoms with van der Waals surface area (Å²) in [7, 11) is 0. The molecule has 347 valence electrons. The van der Waals surface area contributed by atoms with E-state index in [1.54, 1.807) is 0 Å². The van der Waals surface area contributed by atoms with Crippen LogP contribution in [-0.2, 0) is 0 Å². The third-order valence-corrected chi connectivity index (χ3v) is 13.9. The topological polar surface area (TPSA) is 0 Å². The highest BCUT2D eigenvalue weighted by atomic mass is 15.3. The molecular formula is C56H116BN+. The fraction of sp³-hybridized carbons (Fsp3) is 1.00. The van der Waals surface area contributed by atoms with Crippen LogP contribution in [0.5, 0.6) is 0 Å². The number of rotatable bonds is 52. The van der Waals surface area contributed by atoms with Crippen molar-refractivity contribution >= 4 is 8.41 Å². The summed E-state index contributed by atoms with van der Waals surface area (Å²) in [5.41, 5.74) is 0. The van der Waals surface area contributed by atoms with Gasteiger partial charge in [0.1, 0.15) is 0 Å². The highest BCUT2D eigenvalue weighted by molar-refractivity contribution is 5.75. The zero-order chi connectivity index (χ0) is 41.3. The van der Waals surface area contributed by atoms with Gasteiger partial charge in [-0.2, -0.15) is 0 Å². The summed E-state index contributed by atoms with van der Waals surface area (Å²) < 4.78 is 1.49. The predicted octanol–water partition coefficient (Wildman–Crippen LogP) is 20.2. The molecule has 0 spiro atoms. The Morgan fingerprint density at radius 1 is 0.155 bits per heavy atom. The molecule has 3 radical (unpaired) electrons. The monoisotopic (exact) mass is 814 g/mol. The van der Waals surface area contributed by atoms with Crippen LogP contribution in [0.25, 0.3) is 0 Å². The zero-order valence-corrected chi connectivity index (χ0v) is 41.8. The van der Waals surface area contributed by atoms with Gasteiger partial charge in [0.2, 0.25) is 0 Å². The quantitative estimate of drug-likeness (QED) is 0.0326. The van der Waals surface area contributed by atoms with E-state index in [-0.39, 0.29) is 8.41 Å².